The number of amides is 3. The van der Waals surface area contributed by atoms with Crippen LogP contribution in [-0.2, 0) is 9.53 Å². The molecule has 9 nitrogen and oxygen atoms in total. The molecule has 0 N–H and O–H groups in total. The highest BCUT2D eigenvalue weighted by Crippen LogP contribution is 2.39. The Kier molecular flexibility index (Phi) is 6.79. The van der Waals surface area contributed by atoms with E-state index in [2.05, 4.69) is 9.72 Å². The summed E-state index contributed by atoms with van der Waals surface area (Å²) in [6, 6.07) is 8.13. The van der Waals surface area contributed by atoms with E-state index in [9.17, 15) is 27.6 Å². The fraction of sp³-hybridized carbons (Fsp3) is 0.417. The van der Waals surface area contributed by atoms with E-state index in [-0.39, 0.29) is 37.0 Å². The zero-order chi connectivity index (χ0) is 26.2. The van der Waals surface area contributed by atoms with Crippen LogP contribution in [-0.4, -0.2) is 77.8 Å². The molecule has 1 unspecified atom stereocenters. The predicted octanol–water partition coefficient (Wildman–Crippen LogP) is 3.41. The second kappa shape index (κ2) is 9.67. The van der Waals surface area contributed by atoms with Gasteiger partial charge in [-0.1, -0.05) is 18.2 Å². The third kappa shape index (κ3) is 5.07. The van der Waals surface area contributed by atoms with Crippen LogP contribution in [0.4, 0.5) is 23.7 Å². The van der Waals surface area contributed by atoms with Gasteiger partial charge in [0.15, 0.2) is 6.61 Å². The summed E-state index contributed by atoms with van der Waals surface area (Å²) < 4.78 is 46.9. The van der Waals surface area contributed by atoms with Gasteiger partial charge in [-0.3, -0.25) is 9.59 Å². The number of ether oxygens (including phenoxy) is 2. The molecule has 0 radical (unpaired) electrons. The van der Waals surface area contributed by atoms with Gasteiger partial charge in [-0.25, -0.2) is 9.78 Å². The lowest BCUT2D eigenvalue weighted by atomic mass is 10.0. The van der Waals surface area contributed by atoms with E-state index in [0.717, 1.165) is 0 Å². The number of carbonyl (C=O) groups is 3. The molecule has 0 spiro atoms. The molecule has 2 aliphatic heterocycles. The van der Waals surface area contributed by atoms with Gasteiger partial charge in [-0.15, -0.1) is 0 Å². The summed E-state index contributed by atoms with van der Waals surface area (Å²) in [5.41, 5.74) is 1.26. The van der Waals surface area contributed by atoms with E-state index in [1.165, 1.54) is 40.1 Å². The molecular weight excluding hydrogens is 481 g/mol. The number of pyridine rings is 1. The van der Waals surface area contributed by atoms with Crippen LogP contribution in [0.2, 0.25) is 0 Å². The highest BCUT2D eigenvalue weighted by molar-refractivity contribution is 6.08. The highest BCUT2D eigenvalue weighted by atomic mass is 19.4. The van der Waals surface area contributed by atoms with Crippen LogP contribution in [0.1, 0.15) is 35.8 Å². The Labute approximate surface area is 205 Å². The lowest BCUT2D eigenvalue weighted by Crippen LogP contribution is -2.63. The number of aromatic nitrogens is 1. The van der Waals surface area contributed by atoms with Gasteiger partial charge in [-0.2, -0.15) is 13.2 Å². The average Bonchev–Trinajstić information content (AvgIpc) is 3.07. The number of hydrogen-bond donors (Lipinski definition) is 0. The zero-order valence-electron chi connectivity index (χ0n) is 19.9. The smallest absolute Gasteiger partial charge is 0.422 e. The Morgan fingerprint density at radius 1 is 1.17 bits per heavy atom. The topological polar surface area (TPSA) is 92.3 Å². The second-order valence-corrected chi connectivity index (χ2v) is 8.85. The van der Waals surface area contributed by atoms with Crippen molar-refractivity contribution in [1.29, 1.82) is 0 Å². The molecule has 1 aromatic carbocycles. The minimum absolute atomic E-state index is 0.228. The van der Waals surface area contributed by atoms with Crippen molar-refractivity contribution < 1.29 is 37.0 Å². The van der Waals surface area contributed by atoms with Gasteiger partial charge in [-0.05, 0) is 31.5 Å². The molecule has 2 aromatic rings. The van der Waals surface area contributed by atoms with Crippen molar-refractivity contribution in [1.82, 2.24) is 14.8 Å². The van der Waals surface area contributed by atoms with Gasteiger partial charge < -0.3 is 24.2 Å². The first-order valence-electron chi connectivity index (χ1n) is 11.3. The van der Waals surface area contributed by atoms with Crippen LogP contribution in [0.3, 0.4) is 0 Å². The molecule has 0 aliphatic carbocycles. The van der Waals surface area contributed by atoms with Gasteiger partial charge in [0.2, 0.25) is 5.88 Å². The number of rotatable bonds is 6. The van der Waals surface area contributed by atoms with Crippen molar-refractivity contribution in [2.75, 3.05) is 31.6 Å². The molecule has 1 aromatic heterocycles. The predicted molar refractivity (Wildman–Crippen MR) is 122 cm³/mol. The zero-order valence-corrected chi connectivity index (χ0v) is 19.9. The molecule has 1 atom stereocenters. The van der Waals surface area contributed by atoms with Crippen LogP contribution < -0.4 is 9.64 Å². The largest absolute Gasteiger partial charge is 0.468 e. The van der Waals surface area contributed by atoms with Crippen molar-refractivity contribution in [2.24, 2.45) is 0 Å². The van der Waals surface area contributed by atoms with Crippen LogP contribution in [0.25, 0.3) is 0 Å². The molecule has 3 amide bonds. The van der Waals surface area contributed by atoms with Crippen molar-refractivity contribution in [2.45, 2.75) is 38.2 Å². The fourth-order valence-electron chi connectivity index (χ4n) is 4.14. The van der Waals surface area contributed by atoms with Gasteiger partial charge >= 0.3 is 12.3 Å². The number of fused-ring (bicyclic) bond motifs is 1. The number of carbonyl (C=O) groups excluding carboxylic acids is 3. The van der Waals surface area contributed by atoms with Gasteiger partial charge in [0.25, 0.3) is 11.8 Å². The minimum Gasteiger partial charge on any atom is -0.468 e. The Balaban J connectivity index is 1.52. The normalized spacial score (nSPS) is 17.6. The lowest BCUT2D eigenvalue weighted by molar-refractivity contribution is -0.154. The number of nitrogens with zero attached hydrogens (tertiary/aromatic N) is 4. The average molecular weight is 506 g/mol. The molecule has 1 fully saturated rings. The summed E-state index contributed by atoms with van der Waals surface area (Å²) >= 11 is 0. The summed E-state index contributed by atoms with van der Waals surface area (Å²) in [4.78, 5) is 47.2. The Bertz CT molecular complexity index is 1150. The molecule has 36 heavy (non-hydrogen) atoms. The monoisotopic (exact) mass is 506 g/mol. The number of likely N-dealkylation sites (N-methyl/N-ethyl adjacent to an activating group) is 1. The number of halogens is 3. The summed E-state index contributed by atoms with van der Waals surface area (Å²) in [5, 5.41) is 0. The SMILES string of the molecule is CC(C)OC(=O)N1CC(N2C(=O)c3ccccc3C2C(=O)N(C)c2ccc(OCC(F)(F)F)nc2)C1. The number of benzene rings is 1. The third-order valence-electron chi connectivity index (χ3n) is 5.91. The first kappa shape index (κ1) is 25.3. The molecule has 2 aliphatic rings. The molecule has 0 saturated carbocycles. The molecule has 3 heterocycles. The van der Waals surface area contributed by atoms with E-state index < -0.39 is 30.8 Å². The van der Waals surface area contributed by atoms with Gasteiger partial charge in [0.05, 0.1) is 24.0 Å². The van der Waals surface area contributed by atoms with Crippen LogP contribution in [0.15, 0.2) is 42.6 Å². The van der Waals surface area contributed by atoms with E-state index >= 15 is 0 Å². The highest BCUT2D eigenvalue weighted by Gasteiger charge is 2.49. The van der Waals surface area contributed by atoms with E-state index in [4.69, 9.17) is 4.74 Å². The van der Waals surface area contributed by atoms with Crippen molar-refractivity contribution in [3.05, 3.63) is 53.7 Å². The van der Waals surface area contributed by atoms with Crippen LogP contribution in [0, 0.1) is 0 Å². The third-order valence-corrected chi connectivity index (χ3v) is 5.91. The fourth-order valence-corrected chi connectivity index (χ4v) is 4.14. The van der Waals surface area contributed by atoms with Crippen molar-refractivity contribution in [3.63, 3.8) is 0 Å². The molecule has 4 rings (SSSR count). The van der Waals surface area contributed by atoms with E-state index in [1.54, 1.807) is 38.1 Å². The first-order chi connectivity index (χ1) is 17.0. The number of hydrogen-bond acceptors (Lipinski definition) is 6. The molecule has 192 valence electrons. The number of likely N-dealkylation sites (tertiary alicyclic amines) is 1. The van der Waals surface area contributed by atoms with Crippen LogP contribution in [0.5, 0.6) is 5.88 Å². The summed E-state index contributed by atoms with van der Waals surface area (Å²) in [6.07, 6.45) is -4.04. The van der Waals surface area contributed by atoms with Gasteiger partial charge in [0, 0.05) is 31.8 Å². The lowest BCUT2D eigenvalue weighted by Gasteiger charge is -2.45. The van der Waals surface area contributed by atoms with Crippen molar-refractivity contribution in [3.8, 4) is 5.88 Å². The minimum atomic E-state index is -4.50. The Hall–Kier alpha value is -3.83. The second-order valence-electron chi connectivity index (χ2n) is 8.85. The maximum Gasteiger partial charge on any atom is 0.422 e. The molecule has 12 heteroatoms. The quantitative estimate of drug-likeness (QED) is 0.596. The van der Waals surface area contributed by atoms with Gasteiger partial charge in [0.1, 0.15) is 6.04 Å². The molecule has 1 saturated heterocycles. The molecule has 0 bridgehead atoms. The maximum absolute atomic E-state index is 13.6. The maximum atomic E-state index is 13.6. The van der Waals surface area contributed by atoms with Crippen molar-refractivity contribution >= 4 is 23.6 Å². The van der Waals surface area contributed by atoms with Crippen LogP contribution >= 0.6 is 0 Å². The Morgan fingerprint density at radius 2 is 1.86 bits per heavy atom. The number of alkyl halides is 3. The van der Waals surface area contributed by atoms with E-state index in [0.29, 0.717) is 16.8 Å². The molecular formula is C24H25F3N4O5. The summed E-state index contributed by atoms with van der Waals surface area (Å²) in [7, 11) is 1.49. The first-order valence-corrected chi connectivity index (χ1v) is 11.3. The van der Waals surface area contributed by atoms with E-state index in [1.807, 2.05) is 0 Å². The Morgan fingerprint density at radius 3 is 2.47 bits per heavy atom. The standard InChI is InChI=1S/C24H25F3N4O5/c1-14(2)36-23(34)30-11-16(12-30)31-20(17-6-4-5-7-18(17)21(31)32)22(33)29(3)15-8-9-19(28-10-15)35-13-24(25,26)27/h4-10,14,16,20H,11-13H2,1-3H3. The number of anilines is 1. The summed E-state index contributed by atoms with van der Waals surface area (Å²) in [5.74, 6) is -0.974. The summed E-state index contributed by atoms with van der Waals surface area (Å²) in [6.45, 7) is 2.46.